The first-order valence-corrected chi connectivity index (χ1v) is 24.0. The van der Waals surface area contributed by atoms with Crippen LogP contribution < -0.4 is 21.9 Å². The van der Waals surface area contributed by atoms with E-state index in [2.05, 4.69) is 16.2 Å². The van der Waals surface area contributed by atoms with Gasteiger partial charge in [0, 0.05) is 44.4 Å². The molecular formula is C49H82N4O17. The zero-order valence-corrected chi connectivity index (χ0v) is 41.4. The van der Waals surface area contributed by atoms with Crippen LogP contribution in [0.4, 0.5) is 4.79 Å². The number of ether oxygens (including phenoxy) is 4. The number of carbonyl (C=O) groups excluding carboxylic acids is 3. The highest BCUT2D eigenvalue weighted by Gasteiger charge is 2.49. The highest BCUT2D eigenvalue weighted by molar-refractivity contribution is 5.79. The molecule has 2 heterocycles. The first-order valence-electron chi connectivity index (χ1n) is 24.0. The van der Waals surface area contributed by atoms with Crippen molar-refractivity contribution in [1.82, 2.24) is 16.2 Å². The fourth-order valence-corrected chi connectivity index (χ4v) is 8.00. The number of hydrogen-bond donors (Lipinski definition) is 14. The summed E-state index contributed by atoms with van der Waals surface area (Å²) in [6.45, 7) is 11.6. The number of allylic oxidation sites excluding steroid dienone is 10. The molecule has 0 aliphatic carbocycles. The number of esters is 1. The van der Waals surface area contributed by atoms with E-state index in [0.29, 0.717) is 0 Å². The van der Waals surface area contributed by atoms with Gasteiger partial charge in [0.15, 0.2) is 12.1 Å². The Kier molecular flexibility index (Phi) is 28.0. The van der Waals surface area contributed by atoms with Crippen LogP contribution in [0.3, 0.4) is 0 Å². The minimum atomic E-state index is -2.29. The summed E-state index contributed by atoms with van der Waals surface area (Å²) >= 11 is 0. The summed E-state index contributed by atoms with van der Waals surface area (Å²) < 4.78 is 23.3. The van der Waals surface area contributed by atoms with Gasteiger partial charge in [-0.2, -0.15) is 0 Å². The number of aliphatic hydroxyl groups excluding tert-OH is 9. The Morgan fingerprint density at radius 3 is 2.06 bits per heavy atom. The van der Waals surface area contributed by atoms with Gasteiger partial charge in [0.2, 0.25) is 5.91 Å². The number of hydrazine groups is 1. The molecule has 0 spiro atoms. The average Bonchev–Trinajstić information content (AvgIpc) is 3.28. The van der Waals surface area contributed by atoms with E-state index in [9.17, 15) is 65.4 Å². The van der Waals surface area contributed by atoms with Gasteiger partial charge in [-0.3, -0.25) is 15.0 Å². The normalized spacial score (nSPS) is 30.0. The van der Waals surface area contributed by atoms with Crippen LogP contribution in [-0.2, 0) is 28.5 Å². The molecule has 400 valence electrons. The largest absolute Gasteiger partial charge is 0.462 e. The van der Waals surface area contributed by atoms with Gasteiger partial charge in [-0.25, -0.2) is 10.2 Å². The number of urea groups is 1. The molecule has 19 atom stereocenters. The maximum absolute atomic E-state index is 12.8. The van der Waals surface area contributed by atoms with Crippen molar-refractivity contribution < 1.29 is 84.4 Å². The molecule has 70 heavy (non-hydrogen) atoms. The maximum atomic E-state index is 12.8. The molecule has 0 bridgehead atoms. The van der Waals surface area contributed by atoms with Crippen LogP contribution >= 0.6 is 0 Å². The third-order valence-corrected chi connectivity index (χ3v) is 12.2. The second kappa shape index (κ2) is 31.5. The van der Waals surface area contributed by atoms with Crippen LogP contribution in [0.5, 0.6) is 0 Å². The molecule has 0 aromatic rings. The Bertz CT molecular complexity index is 1750. The van der Waals surface area contributed by atoms with Crippen LogP contribution in [0.1, 0.15) is 99.8 Å². The van der Waals surface area contributed by atoms with E-state index < -0.39 is 153 Å². The van der Waals surface area contributed by atoms with Crippen molar-refractivity contribution >= 4 is 17.9 Å². The minimum absolute atomic E-state index is 0.113. The standard InChI is InChI=1S/C49H82N4O17/c1-8-10-12-13-14-15-17-18-28(3)44(62)29(4)30(5)67-41(61)24-34(56)22-33(55)20-21-37(58)38(59)23-35(57)26-49(66)27-39(60)43(51-48(65)53-52-32(7)54)40(70-49)25-36(19-16-11-9-2)69-47-46(64)42(50)45(63)31(6)68-47/h8-19,28-31,33-40,42-47,55-60,62-64,66H,20-27,50H2,1-7H3,(H,52,54)(H2,51,53,65)/b10-8+,11-9+,13-12+,15-14+,18-17+,19-16+/t28-,29-,30-,31+,33+,34+,35-,36-,37+,38+,39-,40-,42-,43+,44+,45+,46-,47-,49+/m0/s1. The number of aliphatic hydroxyl groups is 10. The molecule has 0 radical (unpaired) electrons. The van der Waals surface area contributed by atoms with Crippen molar-refractivity contribution in [2.24, 2.45) is 17.6 Å². The number of nitrogens with one attached hydrogen (secondary N) is 3. The highest BCUT2D eigenvalue weighted by atomic mass is 16.7. The zero-order chi connectivity index (χ0) is 52.7. The number of hydrogen-bond acceptors (Lipinski definition) is 18. The zero-order valence-electron chi connectivity index (χ0n) is 41.4. The predicted molar refractivity (Wildman–Crippen MR) is 257 cm³/mol. The molecule has 0 saturated carbocycles. The SMILES string of the molecule is C/C=C/C=C/C=C/C=C/[C@H](C)[C@@H](O)[C@@H](C)[C@H](C)OC(=O)C[C@H](O)C[C@H](O)CC[C@@H](O)[C@H](O)C[C@H](O)C[C@]1(O)C[C@H](O)[C@@H](NC(=O)NNC(C)=O)[C@H](C[C@H](/C=C/C=C/C)O[C@@H]2O[C@H](C)[C@@H](O)[C@H](N)[C@@H]2O)O1. The quantitative estimate of drug-likeness (QED) is 0.0297. The maximum Gasteiger partial charge on any atom is 0.333 e. The van der Waals surface area contributed by atoms with Gasteiger partial charge in [-0.15, -0.1) is 0 Å². The molecule has 21 heteroatoms. The summed E-state index contributed by atoms with van der Waals surface area (Å²) in [6.07, 6.45) is 1.18. The van der Waals surface area contributed by atoms with E-state index in [-0.39, 0.29) is 31.6 Å². The molecule has 2 aliphatic rings. The van der Waals surface area contributed by atoms with E-state index in [0.717, 1.165) is 6.92 Å². The second-order valence-corrected chi connectivity index (χ2v) is 18.4. The second-order valence-electron chi connectivity index (χ2n) is 18.4. The van der Waals surface area contributed by atoms with Crippen molar-refractivity contribution in [2.75, 3.05) is 0 Å². The molecule has 3 amide bonds. The third kappa shape index (κ3) is 22.2. The van der Waals surface area contributed by atoms with Crippen LogP contribution in [-0.4, -0.2) is 172 Å². The first-order chi connectivity index (χ1) is 32.9. The van der Waals surface area contributed by atoms with Crippen molar-refractivity contribution in [1.29, 1.82) is 0 Å². The Hall–Kier alpha value is -3.91. The van der Waals surface area contributed by atoms with Crippen molar-refractivity contribution in [3.63, 3.8) is 0 Å². The van der Waals surface area contributed by atoms with Gasteiger partial charge < -0.3 is 81.1 Å². The van der Waals surface area contributed by atoms with Crippen molar-refractivity contribution in [3.05, 3.63) is 72.9 Å². The summed E-state index contributed by atoms with van der Waals surface area (Å²) in [5.74, 6) is -4.32. The lowest BCUT2D eigenvalue weighted by atomic mass is 9.87. The summed E-state index contributed by atoms with van der Waals surface area (Å²) in [4.78, 5) is 36.8. The fourth-order valence-electron chi connectivity index (χ4n) is 8.00. The minimum Gasteiger partial charge on any atom is -0.462 e. The molecule has 2 fully saturated rings. The first kappa shape index (κ1) is 62.2. The smallest absolute Gasteiger partial charge is 0.333 e. The van der Waals surface area contributed by atoms with Crippen molar-refractivity contribution in [3.8, 4) is 0 Å². The predicted octanol–water partition coefficient (Wildman–Crippen LogP) is 0.200. The van der Waals surface area contributed by atoms with E-state index >= 15 is 0 Å². The van der Waals surface area contributed by atoms with Crippen molar-refractivity contribution in [2.45, 2.75) is 203 Å². The topological polar surface area (TPSA) is 353 Å². The average molecular weight is 999 g/mol. The summed E-state index contributed by atoms with van der Waals surface area (Å²) in [7, 11) is 0. The van der Waals surface area contributed by atoms with Crippen LogP contribution in [0.25, 0.3) is 0 Å². The lowest BCUT2D eigenvalue weighted by Crippen LogP contribution is -2.64. The molecule has 0 aromatic carbocycles. The number of carbonyl (C=O) groups is 3. The Morgan fingerprint density at radius 1 is 0.800 bits per heavy atom. The summed E-state index contributed by atoms with van der Waals surface area (Å²) in [5, 5.41) is 111. The lowest BCUT2D eigenvalue weighted by molar-refractivity contribution is -0.303. The van der Waals surface area contributed by atoms with Gasteiger partial charge in [-0.1, -0.05) is 86.8 Å². The molecular weight excluding hydrogens is 917 g/mol. The Balaban J connectivity index is 2.02. The lowest BCUT2D eigenvalue weighted by Gasteiger charge is -2.46. The Labute approximate surface area is 411 Å². The molecule has 2 saturated heterocycles. The van der Waals surface area contributed by atoms with Gasteiger partial charge in [0.25, 0.3) is 0 Å². The number of rotatable bonds is 27. The van der Waals surface area contributed by atoms with Gasteiger partial charge in [-0.05, 0) is 47.0 Å². The van der Waals surface area contributed by atoms with E-state index in [1.54, 1.807) is 45.1 Å². The van der Waals surface area contributed by atoms with E-state index in [1.807, 2.05) is 62.5 Å². The van der Waals surface area contributed by atoms with E-state index in [1.165, 1.54) is 6.92 Å². The monoisotopic (exact) mass is 999 g/mol. The molecule has 15 N–H and O–H groups in total. The van der Waals surface area contributed by atoms with Crippen LogP contribution in [0.15, 0.2) is 72.9 Å². The molecule has 2 aliphatic heterocycles. The van der Waals surface area contributed by atoms with Crippen LogP contribution in [0, 0.1) is 11.8 Å². The highest BCUT2D eigenvalue weighted by Crippen LogP contribution is 2.35. The van der Waals surface area contributed by atoms with Gasteiger partial charge >= 0.3 is 12.0 Å². The fraction of sp³-hybridized carbons (Fsp3) is 0.694. The van der Waals surface area contributed by atoms with Gasteiger partial charge in [0.05, 0.1) is 85.6 Å². The van der Waals surface area contributed by atoms with E-state index in [4.69, 9.17) is 24.7 Å². The molecule has 0 aromatic heterocycles. The summed E-state index contributed by atoms with van der Waals surface area (Å²) in [6, 6.07) is -3.35. The Morgan fingerprint density at radius 2 is 1.41 bits per heavy atom. The van der Waals surface area contributed by atoms with Crippen LogP contribution in [0.2, 0.25) is 0 Å². The number of nitrogens with two attached hydrogens (primary N) is 1. The third-order valence-electron chi connectivity index (χ3n) is 12.2. The van der Waals surface area contributed by atoms with Gasteiger partial charge in [0.1, 0.15) is 12.2 Å². The number of amides is 3. The molecule has 21 nitrogen and oxygen atoms in total. The summed E-state index contributed by atoms with van der Waals surface area (Å²) in [5.41, 5.74) is 10.2. The molecule has 2 rings (SSSR count). The molecule has 0 unspecified atom stereocenters.